The lowest BCUT2D eigenvalue weighted by atomic mass is 9.87. The lowest BCUT2D eigenvalue weighted by Crippen LogP contribution is -2.48. The van der Waals surface area contributed by atoms with Crippen molar-refractivity contribution in [3.63, 3.8) is 0 Å². The molecule has 0 radical (unpaired) electrons. The Morgan fingerprint density at radius 1 is 1.14 bits per heavy atom. The summed E-state index contributed by atoms with van der Waals surface area (Å²) in [5.41, 5.74) is 1.85. The standard InChI is InChI=1S/C26H29F4N5O2/c1-13(2)22-15(9-31-16-7-26(29,30)8-16)10-32-24-17(22)5-14(6-18(24)27)23-19(28)11-33-25(35-23)34-20-3-4-37-12-21(20)36/h5-6,10-11,13,16,20-21,31,36H,3-4,7-9,12H2,1-2H3,(H,33,34,35)/t20-,21-/m1/s1. The van der Waals surface area contributed by atoms with Crippen molar-refractivity contribution in [2.24, 2.45) is 0 Å². The summed E-state index contributed by atoms with van der Waals surface area (Å²) in [6, 6.07) is 2.19. The second-order valence-electron chi connectivity index (χ2n) is 10.1. The number of rotatable bonds is 7. The maximum Gasteiger partial charge on any atom is 0.251 e. The van der Waals surface area contributed by atoms with Crippen LogP contribution in [0.5, 0.6) is 0 Å². The first kappa shape index (κ1) is 25.7. The number of ether oxygens (including phenoxy) is 1. The molecule has 5 rings (SSSR count). The number of aliphatic hydroxyl groups excluding tert-OH is 1. The molecule has 7 nitrogen and oxygen atoms in total. The number of pyridine rings is 1. The van der Waals surface area contributed by atoms with Crippen molar-refractivity contribution in [1.82, 2.24) is 20.3 Å². The van der Waals surface area contributed by atoms with E-state index < -0.39 is 23.7 Å². The van der Waals surface area contributed by atoms with Crippen molar-refractivity contribution >= 4 is 16.9 Å². The average Bonchev–Trinajstić information content (AvgIpc) is 2.83. The highest BCUT2D eigenvalue weighted by Crippen LogP contribution is 2.38. The number of aliphatic hydroxyl groups is 1. The van der Waals surface area contributed by atoms with E-state index in [0.29, 0.717) is 25.0 Å². The Morgan fingerprint density at radius 2 is 1.92 bits per heavy atom. The number of hydrogen-bond acceptors (Lipinski definition) is 7. The fourth-order valence-electron chi connectivity index (χ4n) is 5.04. The van der Waals surface area contributed by atoms with Gasteiger partial charge in [-0.3, -0.25) is 4.98 Å². The van der Waals surface area contributed by atoms with Gasteiger partial charge >= 0.3 is 0 Å². The third kappa shape index (κ3) is 5.39. The van der Waals surface area contributed by atoms with Gasteiger partial charge in [0.15, 0.2) is 5.82 Å². The van der Waals surface area contributed by atoms with Crippen LogP contribution in [0.1, 0.15) is 50.2 Å². The number of hydrogen-bond donors (Lipinski definition) is 3. The van der Waals surface area contributed by atoms with E-state index in [2.05, 4.69) is 25.6 Å². The highest BCUT2D eigenvalue weighted by atomic mass is 19.3. The number of aromatic nitrogens is 3. The second-order valence-corrected chi connectivity index (χ2v) is 10.1. The minimum Gasteiger partial charge on any atom is -0.389 e. The van der Waals surface area contributed by atoms with Crippen molar-refractivity contribution in [2.45, 2.75) is 69.7 Å². The van der Waals surface area contributed by atoms with Gasteiger partial charge in [0, 0.05) is 49.2 Å². The summed E-state index contributed by atoms with van der Waals surface area (Å²) >= 11 is 0. The zero-order valence-electron chi connectivity index (χ0n) is 20.6. The Hall–Kier alpha value is -2.89. The minimum absolute atomic E-state index is 0.0396. The van der Waals surface area contributed by atoms with Crippen molar-refractivity contribution in [3.8, 4) is 11.3 Å². The molecule has 37 heavy (non-hydrogen) atoms. The monoisotopic (exact) mass is 519 g/mol. The molecule has 3 aromatic rings. The SMILES string of the molecule is CC(C)c1c(CNC2CC(F)(F)C2)cnc2c(F)cc(-c3nc(N[C@@H]4CCOC[C@H]4O)ncc3F)cc12. The third-order valence-corrected chi connectivity index (χ3v) is 6.96. The topological polar surface area (TPSA) is 92.2 Å². The van der Waals surface area contributed by atoms with Gasteiger partial charge in [-0.1, -0.05) is 13.8 Å². The lowest BCUT2D eigenvalue weighted by molar-refractivity contribution is -0.0930. The second kappa shape index (κ2) is 10.1. The van der Waals surface area contributed by atoms with Crippen LogP contribution in [0.15, 0.2) is 24.5 Å². The van der Waals surface area contributed by atoms with Crippen LogP contribution in [0, 0.1) is 11.6 Å². The molecule has 0 spiro atoms. The molecule has 2 fully saturated rings. The van der Waals surface area contributed by atoms with Crippen LogP contribution in [0.3, 0.4) is 0 Å². The fraction of sp³-hybridized carbons (Fsp3) is 0.500. The molecule has 3 N–H and O–H groups in total. The molecule has 1 aromatic carbocycles. The van der Waals surface area contributed by atoms with Crippen LogP contribution in [-0.2, 0) is 11.3 Å². The molecular formula is C26H29F4N5O2. The van der Waals surface area contributed by atoms with E-state index in [-0.39, 0.29) is 60.2 Å². The van der Waals surface area contributed by atoms with Gasteiger partial charge in [-0.2, -0.15) is 0 Å². The van der Waals surface area contributed by atoms with E-state index in [1.165, 1.54) is 6.07 Å². The molecule has 2 atom stereocenters. The van der Waals surface area contributed by atoms with E-state index in [1.807, 2.05) is 13.8 Å². The van der Waals surface area contributed by atoms with Gasteiger partial charge < -0.3 is 20.5 Å². The third-order valence-electron chi connectivity index (χ3n) is 6.96. The average molecular weight is 520 g/mol. The first-order valence-corrected chi connectivity index (χ1v) is 12.4. The number of benzene rings is 1. The van der Waals surface area contributed by atoms with Gasteiger partial charge in [-0.25, -0.2) is 27.5 Å². The zero-order chi connectivity index (χ0) is 26.3. The fourth-order valence-corrected chi connectivity index (χ4v) is 5.04. The number of anilines is 1. The molecule has 2 aromatic heterocycles. The Labute approximate surface area is 211 Å². The highest BCUT2D eigenvalue weighted by molar-refractivity contribution is 5.88. The summed E-state index contributed by atoms with van der Waals surface area (Å²) in [6.45, 7) is 4.85. The van der Waals surface area contributed by atoms with Crippen molar-refractivity contribution in [2.75, 3.05) is 18.5 Å². The van der Waals surface area contributed by atoms with Gasteiger partial charge in [0.1, 0.15) is 17.0 Å². The molecule has 0 bridgehead atoms. The van der Waals surface area contributed by atoms with Crippen molar-refractivity contribution in [3.05, 3.63) is 47.3 Å². The van der Waals surface area contributed by atoms with E-state index in [4.69, 9.17) is 4.74 Å². The smallest absolute Gasteiger partial charge is 0.251 e. The van der Waals surface area contributed by atoms with Gasteiger partial charge in [0.2, 0.25) is 5.95 Å². The van der Waals surface area contributed by atoms with Gasteiger partial charge in [0.25, 0.3) is 5.92 Å². The Balaban J connectivity index is 1.49. The minimum atomic E-state index is -2.63. The predicted molar refractivity (Wildman–Crippen MR) is 130 cm³/mol. The van der Waals surface area contributed by atoms with Gasteiger partial charge in [0.05, 0.1) is 24.9 Å². The molecule has 198 valence electrons. The van der Waals surface area contributed by atoms with Gasteiger partial charge in [-0.05, 0) is 35.6 Å². The molecule has 1 saturated carbocycles. The van der Waals surface area contributed by atoms with Crippen LogP contribution in [0.25, 0.3) is 22.2 Å². The molecule has 1 saturated heterocycles. The summed E-state index contributed by atoms with van der Waals surface area (Å²) < 4.78 is 61.8. The largest absolute Gasteiger partial charge is 0.389 e. The predicted octanol–water partition coefficient (Wildman–Crippen LogP) is 4.54. The number of nitrogens with one attached hydrogen (secondary N) is 2. The van der Waals surface area contributed by atoms with Crippen molar-refractivity contribution < 1.29 is 27.4 Å². The summed E-state index contributed by atoms with van der Waals surface area (Å²) in [5.74, 6) is -3.90. The molecule has 0 unspecified atom stereocenters. The number of nitrogens with zero attached hydrogens (tertiary/aromatic N) is 3. The Kier molecular flexibility index (Phi) is 7.03. The first-order valence-electron chi connectivity index (χ1n) is 12.4. The molecule has 3 heterocycles. The summed E-state index contributed by atoms with van der Waals surface area (Å²) in [4.78, 5) is 12.6. The Morgan fingerprint density at radius 3 is 2.62 bits per heavy atom. The molecule has 1 aliphatic carbocycles. The quantitative estimate of drug-likeness (QED) is 0.395. The zero-order valence-corrected chi connectivity index (χ0v) is 20.6. The number of alkyl halides is 2. The molecule has 2 aliphatic rings. The lowest BCUT2D eigenvalue weighted by Gasteiger charge is -2.35. The van der Waals surface area contributed by atoms with Crippen LogP contribution in [-0.4, -0.2) is 57.4 Å². The van der Waals surface area contributed by atoms with E-state index in [1.54, 1.807) is 12.3 Å². The molecule has 11 heteroatoms. The van der Waals surface area contributed by atoms with Crippen LogP contribution in [0.2, 0.25) is 0 Å². The molecule has 0 amide bonds. The van der Waals surface area contributed by atoms with Crippen LogP contribution in [0.4, 0.5) is 23.5 Å². The van der Waals surface area contributed by atoms with Gasteiger partial charge in [-0.15, -0.1) is 0 Å². The van der Waals surface area contributed by atoms with E-state index >= 15 is 4.39 Å². The van der Waals surface area contributed by atoms with Crippen molar-refractivity contribution in [1.29, 1.82) is 0 Å². The number of halogens is 4. The number of fused-ring (bicyclic) bond motifs is 1. The Bertz CT molecular complexity index is 1300. The molecular weight excluding hydrogens is 490 g/mol. The van der Waals surface area contributed by atoms with Crippen LogP contribution < -0.4 is 10.6 Å². The first-order chi connectivity index (χ1) is 17.6. The molecule has 1 aliphatic heterocycles. The summed E-state index contributed by atoms with van der Waals surface area (Å²) in [6.07, 6.45) is 1.92. The van der Waals surface area contributed by atoms with E-state index in [9.17, 15) is 18.3 Å². The summed E-state index contributed by atoms with van der Waals surface area (Å²) in [7, 11) is 0. The normalized spacial score (nSPS) is 21.8. The van der Waals surface area contributed by atoms with E-state index in [0.717, 1.165) is 17.3 Å². The maximum atomic E-state index is 15.2. The summed E-state index contributed by atoms with van der Waals surface area (Å²) in [5, 5.41) is 16.8. The highest BCUT2D eigenvalue weighted by Gasteiger charge is 2.45. The van der Waals surface area contributed by atoms with Crippen LogP contribution >= 0.6 is 0 Å². The maximum absolute atomic E-state index is 15.2.